The Bertz CT molecular complexity index is 4650. The van der Waals surface area contributed by atoms with E-state index in [4.69, 9.17) is 138 Å². The van der Waals surface area contributed by atoms with Crippen molar-refractivity contribution < 1.29 is 181 Å². The molecule has 0 saturated carbocycles. The summed E-state index contributed by atoms with van der Waals surface area (Å²) >= 11 is 12.4. The standard InChI is InChI=1S/C94H120N4O38S2/c1-19-29-113-73-59-25-23-26-60(73)34-64-38-68(96-94(138)98-90-86(128-56(16)110)82(124-52(12)106)80(70(132-90)42-118-46(6)100)136-92-88(130-58(18)112)84(126-54(14)108)78(122-50(10)104)72(134-92)44-120-48(8)102)40-66(76(64)116-32-22-4)36-62-28-24-27-61(74(62)114-30-20-2)35-65-39-67(37-63(33-59)75(65)115-31-21-3)95-93(137)97-89-85(127-55(15)109)81(123-51(11)105)79(69(131-89)41-117-45(5)99)135-91-87(129-57(17)111)83(125-53(13)107)77(121-49(9)103)71(133-91)43-119-47(7)101/h23-28,37-40,69-72,77-92H,19-22,29-36,41-44H2,1-18H3,(H2,95,97,137)(H2,96,98,138)/t69-,70-,71-,72-,77+,78+,79-,80-,81+,82+,83+,84+,85-,86-,87-,88-,89-,90-,91+,92+/m1/s1. The van der Waals surface area contributed by atoms with Crippen LogP contribution in [0.5, 0.6) is 23.0 Å². The van der Waals surface area contributed by atoms with Crippen LogP contribution in [-0.2, 0) is 188 Å². The Balaban J connectivity index is 1.13. The SMILES string of the molecule is CCCOc1c2cccc1Cc1cc(NC(=S)N[C@@H]3O[C@H](COC(C)=O)[C@@H](O[C@@H]4O[C@H](COC(C)=O)[C@H](OC(C)=O)[C@H](OC(C)=O)[C@H]4OC(C)=O)[C@H](OC(C)=O)[C@H]3OC(C)=O)cc(c1OCCC)Cc1cccc(c1OCCC)Cc1cc(NC(=S)N[C@@H]3O[C@H](COC(C)=O)[C@@H](O[C@@H]4O[C@H](COC(C)=O)[C@H](OC(C)=O)[C@H](OC(C)=O)[C@H]4OC(C)=O)[C@H](OC(C)=O)[C@H]3OC(C)=O)cc(c1OCCC)C2. The highest BCUT2D eigenvalue weighted by Crippen LogP contribution is 2.44. The number of fused-ring (bicyclic) bond motifs is 8. The molecule has 4 fully saturated rings. The molecule has 756 valence electrons. The van der Waals surface area contributed by atoms with Gasteiger partial charge in [0, 0.05) is 156 Å². The average Bonchev–Trinajstić information content (AvgIpc) is 0.764. The number of anilines is 2. The summed E-state index contributed by atoms with van der Waals surface area (Å²) in [5.74, 6) is -10.9. The van der Waals surface area contributed by atoms with Gasteiger partial charge in [-0.3, -0.25) is 67.1 Å². The Kier molecular flexibility index (Phi) is 41.2. The van der Waals surface area contributed by atoms with E-state index in [1.54, 1.807) is 0 Å². The molecule has 4 aliphatic heterocycles. The maximum atomic E-state index is 13.5. The highest BCUT2D eigenvalue weighted by molar-refractivity contribution is 7.80. The summed E-state index contributed by atoms with van der Waals surface area (Å²) in [5, 5.41) is 12.4. The lowest BCUT2D eigenvalue weighted by molar-refractivity contribution is -0.345. The molecule has 138 heavy (non-hydrogen) atoms. The summed E-state index contributed by atoms with van der Waals surface area (Å²) in [6.07, 6.45) is -31.8. The zero-order chi connectivity index (χ0) is 101. The number of rotatable bonds is 38. The number of hydrogen-bond donors (Lipinski definition) is 4. The van der Waals surface area contributed by atoms with E-state index in [0.717, 1.165) is 96.9 Å². The first-order chi connectivity index (χ1) is 65.5. The van der Waals surface area contributed by atoms with Gasteiger partial charge >= 0.3 is 83.6 Å². The molecule has 20 atom stereocenters. The second kappa shape index (κ2) is 52.0. The molecule has 4 saturated heterocycles. The monoisotopic (exact) mass is 1980 g/mol. The maximum Gasteiger partial charge on any atom is 0.303 e. The van der Waals surface area contributed by atoms with Crippen LogP contribution in [0, 0.1) is 0 Å². The third kappa shape index (κ3) is 31.4. The molecule has 0 aromatic heterocycles. The molecule has 9 rings (SSSR count). The smallest absolute Gasteiger partial charge is 0.303 e. The van der Waals surface area contributed by atoms with E-state index in [2.05, 4.69) is 21.3 Å². The van der Waals surface area contributed by atoms with Gasteiger partial charge in [-0.2, -0.15) is 0 Å². The summed E-state index contributed by atoms with van der Waals surface area (Å²) < 4.78 is 146. The molecule has 44 heteroatoms. The molecule has 4 N–H and O–H groups in total. The molecule has 8 bridgehead atoms. The third-order valence-corrected chi connectivity index (χ3v) is 21.5. The lowest BCUT2D eigenvalue weighted by atomic mass is 9.90. The van der Waals surface area contributed by atoms with Crippen molar-refractivity contribution >= 4 is 130 Å². The summed E-state index contributed by atoms with van der Waals surface area (Å²) in [6.45, 7) is 20.8. The molecule has 4 aromatic carbocycles. The van der Waals surface area contributed by atoms with Gasteiger partial charge in [-0.15, -0.1) is 0 Å². The van der Waals surface area contributed by atoms with E-state index in [9.17, 15) is 67.1 Å². The zero-order valence-corrected chi connectivity index (χ0v) is 81.6. The number of ether oxygens (including phenoxy) is 24. The number of carbonyl (C=O) groups excluding carboxylic acids is 14. The minimum atomic E-state index is -1.96. The molecule has 0 spiro atoms. The van der Waals surface area contributed by atoms with Crippen molar-refractivity contribution in [2.24, 2.45) is 0 Å². The molecule has 5 aliphatic rings. The Morgan fingerprint density at radius 3 is 0.739 bits per heavy atom. The van der Waals surface area contributed by atoms with Crippen LogP contribution in [0.2, 0.25) is 0 Å². The fourth-order valence-electron chi connectivity index (χ4n) is 16.2. The molecule has 4 heterocycles. The van der Waals surface area contributed by atoms with Crippen LogP contribution in [0.15, 0.2) is 60.7 Å². The van der Waals surface area contributed by atoms with Gasteiger partial charge in [-0.05, 0) is 96.6 Å². The Labute approximate surface area is 807 Å². The minimum absolute atomic E-state index is 0.128. The summed E-state index contributed by atoms with van der Waals surface area (Å²) in [5.41, 5.74) is 5.99. The second-order valence-corrected chi connectivity index (χ2v) is 33.6. The Morgan fingerprint density at radius 1 is 0.283 bits per heavy atom. The number of para-hydroxylation sites is 2. The third-order valence-electron chi connectivity index (χ3n) is 21.1. The summed E-state index contributed by atoms with van der Waals surface area (Å²) in [6, 6.07) is 18.8. The Morgan fingerprint density at radius 2 is 0.500 bits per heavy atom. The van der Waals surface area contributed by atoms with Gasteiger partial charge in [0.25, 0.3) is 0 Å². The molecule has 1 aliphatic carbocycles. The van der Waals surface area contributed by atoms with Gasteiger partial charge in [0.05, 0.1) is 26.4 Å². The van der Waals surface area contributed by atoms with Crippen molar-refractivity contribution in [2.45, 2.75) is 299 Å². The molecule has 4 aromatic rings. The molecular weight excluding hydrogens is 1860 g/mol. The lowest BCUT2D eigenvalue weighted by Crippen LogP contribution is -2.69. The van der Waals surface area contributed by atoms with Crippen LogP contribution < -0.4 is 40.2 Å². The van der Waals surface area contributed by atoms with E-state index in [0.29, 0.717) is 105 Å². The van der Waals surface area contributed by atoms with Crippen molar-refractivity contribution in [3.63, 3.8) is 0 Å². The summed E-state index contributed by atoms with van der Waals surface area (Å²) in [4.78, 5) is 182. The van der Waals surface area contributed by atoms with Crippen LogP contribution >= 0.6 is 24.4 Å². The van der Waals surface area contributed by atoms with E-state index in [1.807, 2.05) is 88.4 Å². The van der Waals surface area contributed by atoms with Crippen LogP contribution in [0.25, 0.3) is 0 Å². The maximum absolute atomic E-state index is 13.5. The second-order valence-electron chi connectivity index (χ2n) is 32.8. The van der Waals surface area contributed by atoms with Crippen LogP contribution in [-0.4, -0.2) is 269 Å². The molecule has 0 unspecified atom stereocenters. The van der Waals surface area contributed by atoms with Gasteiger partial charge in [0.1, 0.15) is 86.0 Å². The van der Waals surface area contributed by atoms with Crippen LogP contribution in [0.4, 0.5) is 11.4 Å². The quantitative estimate of drug-likeness (QED) is 0.0171. The molecular formula is C94H120N4O38S2. The Hall–Kier alpha value is -12.2. The highest BCUT2D eigenvalue weighted by atomic mass is 32.1. The minimum Gasteiger partial charge on any atom is -0.493 e. The van der Waals surface area contributed by atoms with E-state index < -0.39 is 233 Å². The van der Waals surface area contributed by atoms with Crippen molar-refractivity contribution in [3.05, 3.63) is 105 Å². The van der Waals surface area contributed by atoms with Gasteiger partial charge in [0.2, 0.25) is 0 Å². The van der Waals surface area contributed by atoms with Gasteiger partial charge in [0.15, 0.2) is 96.3 Å². The number of esters is 14. The predicted molar refractivity (Wildman–Crippen MR) is 485 cm³/mol. The van der Waals surface area contributed by atoms with Crippen molar-refractivity contribution in [1.29, 1.82) is 0 Å². The van der Waals surface area contributed by atoms with Crippen LogP contribution in [0.3, 0.4) is 0 Å². The van der Waals surface area contributed by atoms with Gasteiger partial charge < -0.3 is 135 Å². The number of thiocarbonyl (C=S) groups is 2. The van der Waals surface area contributed by atoms with E-state index in [-0.39, 0.29) is 62.3 Å². The van der Waals surface area contributed by atoms with E-state index in [1.165, 1.54) is 0 Å². The fourth-order valence-corrected chi connectivity index (χ4v) is 16.7. The molecule has 42 nitrogen and oxygen atoms in total. The number of benzene rings is 4. The largest absolute Gasteiger partial charge is 0.493 e. The van der Waals surface area contributed by atoms with E-state index >= 15 is 0 Å². The highest BCUT2D eigenvalue weighted by Gasteiger charge is 2.60. The van der Waals surface area contributed by atoms with Gasteiger partial charge in [-0.25, -0.2) is 0 Å². The number of hydrogen-bond acceptors (Lipinski definition) is 40. The first-order valence-corrected chi connectivity index (χ1v) is 45.7. The molecule has 0 radical (unpaired) electrons. The molecule has 0 amide bonds. The first kappa shape index (κ1) is 109. The summed E-state index contributed by atoms with van der Waals surface area (Å²) in [7, 11) is 0. The number of nitrogens with one attached hydrogen (secondary N) is 4. The topological polar surface area (TPSA) is 509 Å². The average molecular weight is 1980 g/mol. The zero-order valence-electron chi connectivity index (χ0n) is 80.0. The number of carbonyl (C=O) groups is 14. The fraction of sp³-hybridized carbons (Fsp3) is 0.574. The first-order valence-electron chi connectivity index (χ1n) is 44.9. The van der Waals surface area contributed by atoms with Crippen LogP contribution in [0.1, 0.15) is 195 Å². The van der Waals surface area contributed by atoms with Gasteiger partial charge in [-0.1, -0.05) is 64.1 Å². The predicted octanol–water partition coefficient (Wildman–Crippen LogP) is 7.33. The normalized spacial score (nSPS) is 24.7. The van der Waals surface area contributed by atoms with Crippen molar-refractivity contribution in [2.75, 3.05) is 63.5 Å². The lowest BCUT2D eigenvalue weighted by Gasteiger charge is -2.49. The van der Waals surface area contributed by atoms with Crippen molar-refractivity contribution in [1.82, 2.24) is 10.6 Å². The van der Waals surface area contributed by atoms with Crippen molar-refractivity contribution in [3.8, 4) is 23.0 Å².